The van der Waals surface area contributed by atoms with Crippen LogP contribution < -0.4 is 0 Å². The highest BCUT2D eigenvalue weighted by Gasteiger charge is 2.33. The van der Waals surface area contributed by atoms with E-state index in [-0.39, 0.29) is 5.91 Å². The number of likely N-dealkylation sites (tertiary alicyclic amines) is 1. The summed E-state index contributed by atoms with van der Waals surface area (Å²) < 4.78 is 3.27. The van der Waals surface area contributed by atoms with Gasteiger partial charge in [0, 0.05) is 29.0 Å². The van der Waals surface area contributed by atoms with Crippen molar-refractivity contribution in [3.8, 4) is 0 Å². The molecule has 4 nitrogen and oxygen atoms in total. The SMILES string of the molecule is Cc1cc(C)n(C2CN(C(=O)c3ccc4sccc4c3)C2)n1. The second kappa shape index (κ2) is 4.95. The number of hydrogen-bond acceptors (Lipinski definition) is 3. The number of aryl methyl sites for hydroxylation is 2. The van der Waals surface area contributed by atoms with Gasteiger partial charge in [-0.25, -0.2) is 0 Å². The van der Waals surface area contributed by atoms with E-state index in [1.807, 2.05) is 34.7 Å². The molecule has 0 unspecified atom stereocenters. The lowest BCUT2D eigenvalue weighted by Gasteiger charge is -2.39. The van der Waals surface area contributed by atoms with Crippen LogP contribution >= 0.6 is 11.3 Å². The van der Waals surface area contributed by atoms with Gasteiger partial charge in [-0.05, 0) is 54.9 Å². The Kier molecular flexibility index (Phi) is 3.04. The highest BCUT2D eigenvalue weighted by molar-refractivity contribution is 7.17. The van der Waals surface area contributed by atoms with Gasteiger partial charge < -0.3 is 4.90 Å². The van der Waals surface area contributed by atoms with Crippen LogP contribution in [-0.4, -0.2) is 33.7 Å². The third kappa shape index (κ3) is 2.13. The van der Waals surface area contributed by atoms with E-state index in [9.17, 15) is 4.79 Å². The summed E-state index contributed by atoms with van der Waals surface area (Å²) in [5.74, 6) is 0.117. The summed E-state index contributed by atoms with van der Waals surface area (Å²) in [6, 6.07) is 10.4. The number of carbonyl (C=O) groups is 1. The predicted octanol–water partition coefficient (Wildman–Crippen LogP) is 3.41. The Balaban J connectivity index is 1.50. The lowest BCUT2D eigenvalue weighted by atomic mass is 10.1. The molecular weight excluding hydrogens is 294 g/mol. The largest absolute Gasteiger partial charge is 0.334 e. The van der Waals surface area contributed by atoms with Crippen LogP contribution in [0.3, 0.4) is 0 Å². The molecule has 0 bridgehead atoms. The average Bonchev–Trinajstić information content (AvgIpc) is 3.03. The molecule has 22 heavy (non-hydrogen) atoms. The molecule has 0 atom stereocenters. The van der Waals surface area contributed by atoms with Crippen LogP contribution in [-0.2, 0) is 0 Å². The van der Waals surface area contributed by atoms with Crippen LogP contribution in [0, 0.1) is 13.8 Å². The van der Waals surface area contributed by atoms with Gasteiger partial charge in [0.2, 0.25) is 0 Å². The molecule has 2 aromatic heterocycles. The lowest BCUT2D eigenvalue weighted by molar-refractivity contribution is 0.0498. The number of amides is 1. The van der Waals surface area contributed by atoms with Gasteiger partial charge in [-0.2, -0.15) is 5.10 Å². The Labute approximate surface area is 133 Å². The molecule has 0 aliphatic carbocycles. The molecule has 4 rings (SSSR count). The van der Waals surface area contributed by atoms with Crippen LogP contribution in [0.15, 0.2) is 35.7 Å². The number of aromatic nitrogens is 2. The molecule has 1 saturated heterocycles. The third-order valence-electron chi connectivity index (χ3n) is 4.24. The van der Waals surface area contributed by atoms with Crippen molar-refractivity contribution in [2.24, 2.45) is 0 Å². The number of fused-ring (bicyclic) bond motifs is 1. The van der Waals surface area contributed by atoms with Gasteiger partial charge in [-0.15, -0.1) is 11.3 Å². The van der Waals surface area contributed by atoms with Gasteiger partial charge in [0.15, 0.2) is 0 Å². The zero-order valence-electron chi connectivity index (χ0n) is 12.6. The summed E-state index contributed by atoms with van der Waals surface area (Å²) in [7, 11) is 0. The molecule has 1 aliphatic heterocycles. The first-order valence-corrected chi connectivity index (χ1v) is 8.29. The predicted molar refractivity (Wildman–Crippen MR) is 88.5 cm³/mol. The molecule has 0 saturated carbocycles. The van der Waals surface area contributed by atoms with E-state index < -0.39 is 0 Å². The first kappa shape index (κ1) is 13.5. The van der Waals surface area contributed by atoms with Crippen molar-refractivity contribution >= 4 is 27.3 Å². The van der Waals surface area contributed by atoms with Crippen molar-refractivity contribution in [3.05, 3.63) is 52.7 Å². The number of thiophene rings is 1. The minimum Gasteiger partial charge on any atom is -0.334 e. The van der Waals surface area contributed by atoms with Gasteiger partial charge in [0.05, 0.1) is 11.7 Å². The van der Waals surface area contributed by atoms with E-state index in [0.29, 0.717) is 6.04 Å². The summed E-state index contributed by atoms with van der Waals surface area (Å²) in [5.41, 5.74) is 2.97. The lowest BCUT2D eigenvalue weighted by Crippen LogP contribution is -2.51. The van der Waals surface area contributed by atoms with Crippen molar-refractivity contribution < 1.29 is 4.79 Å². The number of rotatable bonds is 2. The molecular formula is C17H17N3OS. The van der Waals surface area contributed by atoms with E-state index in [0.717, 1.165) is 35.4 Å². The fourth-order valence-corrected chi connectivity index (χ4v) is 3.84. The van der Waals surface area contributed by atoms with E-state index in [1.54, 1.807) is 11.3 Å². The van der Waals surface area contributed by atoms with Crippen LogP contribution in [0.5, 0.6) is 0 Å². The fraction of sp³-hybridized carbons (Fsp3) is 0.294. The zero-order valence-corrected chi connectivity index (χ0v) is 13.4. The molecule has 112 valence electrons. The number of hydrogen-bond donors (Lipinski definition) is 0. The highest BCUT2D eigenvalue weighted by Crippen LogP contribution is 2.27. The molecule has 0 N–H and O–H groups in total. The first-order valence-electron chi connectivity index (χ1n) is 7.41. The Morgan fingerprint density at radius 3 is 2.77 bits per heavy atom. The summed E-state index contributed by atoms with van der Waals surface area (Å²) in [5, 5.41) is 7.71. The topological polar surface area (TPSA) is 38.1 Å². The zero-order chi connectivity index (χ0) is 15.3. The standard InChI is InChI=1S/C17H17N3OS/c1-11-7-12(2)20(18-11)15-9-19(10-15)17(21)14-3-4-16-13(8-14)5-6-22-16/h3-8,15H,9-10H2,1-2H3. The summed E-state index contributed by atoms with van der Waals surface area (Å²) in [6.07, 6.45) is 0. The number of nitrogens with zero attached hydrogens (tertiary/aromatic N) is 3. The van der Waals surface area contributed by atoms with Gasteiger partial charge in [0.1, 0.15) is 0 Å². The van der Waals surface area contributed by atoms with Crippen LogP contribution in [0.1, 0.15) is 27.8 Å². The van der Waals surface area contributed by atoms with Crippen LogP contribution in [0.2, 0.25) is 0 Å². The molecule has 1 aromatic carbocycles. The van der Waals surface area contributed by atoms with Crippen LogP contribution in [0.4, 0.5) is 0 Å². The summed E-state index contributed by atoms with van der Waals surface area (Å²) >= 11 is 1.70. The van der Waals surface area contributed by atoms with Gasteiger partial charge in [-0.3, -0.25) is 9.48 Å². The normalized spacial score (nSPS) is 15.3. The quantitative estimate of drug-likeness (QED) is 0.727. The Hall–Kier alpha value is -2.14. The maximum atomic E-state index is 12.6. The van der Waals surface area contributed by atoms with Gasteiger partial charge in [0.25, 0.3) is 5.91 Å². The average molecular weight is 311 g/mol. The molecule has 1 fully saturated rings. The van der Waals surface area contributed by atoms with Crippen molar-refractivity contribution in [2.45, 2.75) is 19.9 Å². The Morgan fingerprint density at radius 1 is 1.23 bits per heavy atom. The van der Waals surface area contributed by atoms with Crippen molar-refractivity contribution in [1.82, 2.24) is 14.7 Å². The van der Waals surface area contributed by atoms with E-state index >= 15 is 0 Å². The summed E-state index contributed by atoms with van der Waals surface area (Å²) in [6.45, 7) is 5.54. The second-order valence-corrected chi connectivity index (χ2v) is 6.86. The molecule has 1 aliphatic rings. The monoisotopic (exact) mass is 311 g/mol. The van der Waals surface area contributed by atoms with Gasteiger partial charge in [-0.1, -0.05) is 0 Å². The van der Waals surface area contributed by atoms with E-state index in [1.165, 1.54) is 4.70 Å². The Bertz CT molecular complexity index is 858. The molecule has 0 radical (unpaired) electrons. The number of benzene rings is 1. The van der Waals surface area contributed by atoms with E-state index in [4.69, 9.17) is 0 Å². The van der Waals surface area contributed by atoms with E-state index in [2.05, 4.69) is 29.5 Å². The maximum Gasteiger partial charge on any atom is 0.254 e. The minimum absolute atomic E-state index is 0.117. The molecule has 0 spiro atoms. The smallest absolute Gasteiger partial charge is 0.254 e. The Morgan fingerprint density at radius 2 is 2.05 bits per heavy atom. The maximum absolute atomic E-state index is 12.6. The molecule has 1 amide bonds. The summed E-state index contributed by atoms with van der Waals surface area (Å²) in [4.78, 5) is 14.5. The van der Waals surface area contributed by atoms with Crippen molar-refractivity contribution in [1.29, 1.82) is 0 Å². The second-order valence-electron chi connectivity index (χ2n) is 5.91. The molecule has 5 heteroatoms. The highest BCUT2D eigenvalue weighted by atomic mass is 32.1. The first-order chi connectivity index (χ1) is 10.6. The van der Waals surface area contributed by atoms with Crippen molar-refractivity contribution in [2.75, 3.05) is 13.1 Å². The minimum atomic E-state index is 0.117. The molecule has 3 aromatic rings. The fourth-order valence-electron chi connectivity index (χ4n) is 3.07. The molecule has 3 heterocycles. The van der Waals surface area contributed by atoms with Crippen molar-refractivity contribution in [3.63, 3.8) is 0 Å². The third-order valence-corrected chi connectivity index (χ3v) is 5.14. The van der Waals surface area contributed by atoms with Gasteiger partial charge >= 0.3 is 0 Å². The number of carbonyl (C=O) groups excluding carboxylic acids is 1. The van der Waals surface area contributed by atoms with Crippen LogP contribution in [0.25, 0.3) is 10.1 Å².